The van der Waals surface area contributed by atoms with Crippen molar-refractivity contribution in [1.82, 2.24) is 10.3 Å². The number of anilines is 1. The van der Waals surface area contributed by atoms with Crippen molar-refractivity contribution >= 4 is 27.2 Å². The van der Waals surface area contributed by atoms with Gasteiger partial charge in [0.1, 0.15) is 10.6 Å². The van der Waals surface area contributed by atoms with E-state index in [1.54, 1.807) is 19.9 Å². The zero-order chi connectivity index (χ0) is 12.6. The minimum atomic E-state index is -3.62. The Morgan fingerprint density at radius 3 is 2.47 bits per heavy atom. The number of hydrogen-bond donors (Lipinski definition) is 1. The fourth-order valence-electron chi connectivity index (χ4n) is 1.38. The number of rotatable bonds is 3. The molecule has 0 aromatic carbocycles. The summed E-state index contributed by atoms with van der Waals surface area (Å²) >= 11 is 1.43. The van der Waals surface area contributed by atoms with Crippen LogP contribution >= 0.6 is 11.3 Å². The Labute approximate surface area is 103 Å². The van der Waals surface area contributed by atoms with Crippen molar-refractivity contribution in [2.45, 2.75) is 25.7 Å². The molecule has 2 aromatic heterocycles. The quantitative estimate of drug-likeness (QED) is 0.922. The lowest BCUT2D eigenvalue weighted by Crippen LogP contribution is -2.14. The topological polar surface area (TPSA) is 85.1 Å². The Balaban J connectivity index is 2.38. The maximum absolute atomic E-state index is 12.1. The number of thiophene rings is 1. The molecule has 0 aliphatic rings. The largest absolute Gasteiger partial charge is 0.264 e. The van der Waals surface area contributed by atoms with Gasteiger partial charge in [0, 0.05) is 9.75 Å². The van der Waals surface area contributed by atoms with Gasteiger partial charge in [0.2, 0.25) is 5.82 Å². The Kier molecular flexibility index (Phi) is 2.92. The second-order valence-electron chi connectivity index (χ2n) is 3.58. The van der Waals surface area contributed by atoms with Gasteiger partial charge < -0.3 is 0 Å². The number of nitrogens with zero attached hydrogens (tertiary/aromatic N) is 2. The number of sulfonamides is 1. The zero-order valence-corrected chi connectivity index (χ0v) is 11.1. The molecule has 0 saturated heterocycles. The van der Waals surface area contributed by atoms with E-state index in [0.717, 1.165) is 9.75 Å². The summed E-state index contributed by atoms with van der Waals surface area (Å²) < 4.78 is 30.9. The maximum Gasteiger partial charge on any atom is 0.264 e. The first-order chi connectivity index (χ1) is 7.90. The van der Waals surface area contributed by atoms with Gasteiger partial charge in [0.05, 0.1) is 0 Å². The van der Waals surface area contributed by atoms with Crippen molar-refractivity contribution in [3.05, 3.63) is 21.5 Å². The SMILES string of the molecule is Cc1cc(S(=O)(=O)Nc2nonc2C)c(C)s1. The summed E-state index contributed by atoms with van der Waals surface area (Å²) in [5.74, 6) is 0.119. The second kappa shape index (κ2) is 4.11. The normalized spacial score (nSPS) is 11.7. The highest BCUT2D eigenvalue weighted by molar-refractivity contribution is 7.93. The summed E-state index contributed by atoms with van der Waals surface area (Å²) in [6, 6.07) is 1.63. The standard InChI is InChI=1S/C9H11N3O3S2/c1-5-4-8(7(3)16-5)17(13,14)12-9-6(2)10-15-11-9/h4H,1-3H3,(H,11,12). The van der Waals surface area contributed by atoms with Crippen molar-refractivity contribution in [3.8, 4) is 0 Å². The van der Waals surface area contributed by atoms with Gasteiger partial charge in [-0.05, 0) is 32.0 Å². The van der Waals surface area contributed by atoms with Crippen LogP contribution in [0.25, 0.3) is 0 Å². The predicted molar refractivity (Wildman–Crippen MR) is 63.6 cm³/mol. The van der Waals surface area contributed by atoms with Gasteiger partial charge >= 0.3 is 0 Å². The molecule has 92 valence electrons. The van der Waals surface area contributed by atoms with Crippen molar-refractivity contribution < 1.29 is 13.0 Å². The molecule has 2 aromatic rings. The van der Waals surface area contributed by atoms with Crippen LogP contribution in [0.15, 0.2) is 15.6 Å². The molecule has 2 heterocycles. The van der Waals surface area contributed by atoms with Crippen LogP contribution in [0.1, 0.15) is 15.4 Å². The smallest absolute Gasteiger partial charge is 0.259 e. The van der Waals surface area contributed by atoms with Crippen LogP contribution in [0.2, 0.25) is 0 Å². The van der Waals surface area contributed by atoms with E-state index in [2.05, 4.69) is 19.7 Å². The molecule has 0 saturated carbocycles. The molecule has 1 N–H and O–H groups in total. The lowest BCUT2D eigenvalue weighted by atomic mass is 10.4. The molecule has 0 bridgehead atoms. The van der Waals surface area contributed by atoms with Crippen LogP contribution < -0.4 is 4.72 Å². The van der Waals surface area contributed by atoms with Crippen LogP contribution in [0.3, 0.4) is 0 Å². The molecular weight excluding hydrogens is 262 g/mol. The second-order valence-corrected chi connectivity index (χ2v) is 6.69. The molecule has 0 amide bonds. The number of nitrogens with one attached hydrogen (secondary N) is 1. The van der Waals surface area contributed by atoms with Gasteiger partial charge in [-0.1, -0.05) is 5.16 Å². The minimum absolute atomic E-state index is 0.119. The minimum Gasteiger partial charge on any atom is -0.259 e. The summed E-state index contributed by atoms with van der Waals surface area (Å²) in [7, 11) is -3.62. The molecule has 6 nitrogen and oxygen atoms in total. The third-order valence-corrected chi connectivity index (χ3v) is 4.73. The molecule has 0 radical (unpaired) electrons. The highest BCUT2D eigenvalue weighted by atomic mass is 32.2. The third kappa shape index (κ3) is 2.32. The van der Waals surface area contributed by atoms with Gasteiger partial charge in [0.25, 0.3) is 10.0 Å². The molecule has 0 aliphatic carbocycles. The van der Waals surface area contributed by atoms with Crippen LogP contribution in [-0.4, -0.2) is 18.7 Å². The molecule has 17 heavy (non-hydrogen) atoms. The van der Waals surface area contributed by atoms with Gasteiger partial charge in [-0.15, -0.1) is 11.3 Å². The van der Waals surface area contributed by atoms with Crippen LogP contribution in [0.4, 0.5) is 5.82 Å². The number of aromatic nitrogens is 2. The van der Waals surface area contributed by atoms with E-state index in [4.69, 9.17) is 0 Å². The molecule has 2 rings (SSSR count). The summed E-state index contributed by atoms with van der Waals surface area (Å²) in [5, 5.41) is 7.00. The Hall–Kier alpha value is -1.41. The summed E-state index contributed by atoms with van der Waals surface area (Å²) in [4.78, 5) is 1.95. The van der Waals surface area contributed by atoms with E-state index in [0.29, 0.717) is 5.69 Å². The zero-order valence-electron chi connectivity index (χ0n) is 9.51. The van der Waals surface area contributed by atoms with E-state index < -0.39 is 10.0 Å². The van der Waals surface area contributed by atoms with Gasteiger partial charge in [0.15, 0.2) is 0 Å². The monoisotopic (exact) mass is 273 g/mol. The molecule has 8 heteroatoms. The van der Waals surface area contributed by atoms with Crippen molar-refractivity contribution in [2.75, 3.05) is 4.72 Å². The van der Waals surface area contributed by atoms with Gasteiger partial charge in [-0.2, -0.15) is 0 Å². The van der Waals surface area contributed by atoms with E-state index >= 15 is 0 Å². The molecule has 0 unspecified atom stereocenters. The summed E-state index contributed by atoms with van der Waals surface area (Å²) in [6.45, 7) is 5.24. The fourth-order valence-corrected chi connectivity index (χ4v) is 3.99. The Morgan fingerprint density at radius 1 is 1.29 bits per heavy atom. The van der Waals surface area contributed by atoms with Crippen LogP contribution in [-0.2, 0) is 10.0 Å². The Bertz CT molecular complexity index is 642. The summed E-state index contributed by atoms with van der Waals surface area (Å²) in [5.41, 5.74) is 0.401. The van der Waals surface area contributed by atoms with Crippen LogP contribution in [0.5, 0.6) is 0 Å². The lowest BCUT2D eigenvalue weighted by Gasteiger charge is -2.03. The first kappa shape index (κ1) is 12.1. The molecule has 0 aliphatic heterocycles. The van der Waals surface area contributed by atoms with Crippen LogP contribution in [0, 0.1) is 20.8 Å². The average molecular weight is 273 g/mol. The fraction of sp³-hybridized carbons (Fsp3) is 0.333. The van der Waals surface area contributed by atoms with E-state index in [1.807, 2.05) is 6.92 Å². The maximum atomic E-state index is 12.1. The lowest BCUT2D eigenvalue weighted by molar-refractivity contribution is 0.306. The predicted octanol–water partition coefficient (Wildman–Crippen LogP) is 1.86. The number of hydrogen-bond acceptors (Lipinski definition) is 6. The molecular formula is C9H11N3O3S2. The third-order valence-electron chi connectivity index (χ3n) is 2.17. The first-order valence-electron chi connectivity index (χ1n) is 4.79. The molecule has 0 fully saturated rings. The highest BCUT2D eigenvalue weighted by Gasteiger charge is 2.21. The Morgan fingerprint density at radius 2 is 2.00 bits per heavy atom. The van der Waals surface area contributed by atoms with E-state index in [1.165, 1.54) is 11.3 Å². The summed E-state index contributed by atoms with van der Waals surface area (Å²) in [6.07, 6.45) is 0. The van der Waals surface area contributed by atoms with E-state index in [9.17, 15) is 8.42 Å². The van der Waals surface area contributed by atoms with Crippen molar-refractivity contribution in [2.24, 2.45) is 0 Å². The van der Waals surface area contributed by atoms with Crippen molar-refractivity contribution in [3.63, 3.8) is 0 Å². The number of aryl methyl sites for hydroxylation is 3. The molecule has 0 spiro atoms. The van der Waals surface area contributed by atoms with Crippen molar-refractivity contribution in [1.29, 1.82) is 0 Å². The van der Waals surface area contributed by atoms with Gasteiger partial charge in [-0.3, -0.25) is 4.72 Å². The van der Waals surface area contributed by atoms with Gasteiger partial charge in [-0.25, -0.2) is 13.0 Å². The van der Waals surface area contributed by atoms with E-state index in [-0.39, 0.29) is 10.7 Å². The highest BCUT2D eigenvalue weighted by Crippen LogP contribution is 2.26. The average Bonchev–Trinajstić information content (AvgIpc) is 2.74. The first-order valence-corrected chi connectivity index (χ1v) is 7.09. The molecule has 0 atom stereocenters.